The normalized spacial score (nSPS) is 10.9. The average molecular weight is 411 g/mol. The van der Waals surface area contributed by atoms with Gasteiger partial charge >= 0.3 is 5.97 Å². The fourth-order valence-electron chi connectivity index (χ4n) is 2.85. The summed E-state index contributed by atoms with van der Waals surface area (Å²) >= 11 is 3.01. The maximum atomic E-state index is 12.3. The summed E-state index contributed by atoms with van der Waals surface area (Å²) in [6.45, 7) is 0.378. The Bertz CT molecular complexity index is 1120. The highest BCUT2D eigenvalue weighted by atomic mass is 32.2. The largest absolute Gasteiger partial charge is 0.487 e. The molecule has 2 aromatic carbocycles. The first-order chi connectivity index (χ1) is 13.7. The van der Waals surface area contributed by atoms with Crippen molar-refractivity contribution in [3.05, 3.63) is 71.4 Å². The third-order valence-electron chi connectivity index (χ3n) is 4.28. The number of aromatic nitrogens is 2. The zero-order chi connectivity index (χ0) is 19.5. The number of carbonyl (C=O) groups excluding carboxylic acids is 1. The van der Waals surface area contributed by atoms with Crippen LogP contribution >= 0.6 is 23.1 Å². The Morgan fingerprint density at radius 2 is 2.00 bits per heavy atom. The van der Waals surface area contributed by atoms with E-state index < -0.39 is 5.97 Å². The van der Waals surface area contributed by atoms with Gasteiger partial charge in [-0.25, -0.2) is 9.78 Å². The Hall–Kier alpha value is -2.77. The second-order valence-corrected chi connectivity index (χ2v) is 7.92. The van der Waals surface area contributed by atoms with Crippen LogP contribution in [0.1, 0.15) is 15.2 Å². The number of nitrogens with zero attached hydrogens (tertiary/aromatic N) is 2. The monoisotopic (exact) mass is 410 g/mol. The summed E-state index contributed by atoms with van der Waals surface area (Å²) in [6, 6.07) is 17.9. The van der Waals surface area contributed by atoms with Gasteiger partial charge in [-0.3, -0.25) is 4.57 Å². The van der Waals surface area contributed by atoms with Gasteiger partial charge in [0.15, 0.2) is 4.88 Å². The first-order valence-electron chi connectivity index (χ1n) is 8.60. The molecule has 0 atom stereocenters. The summed E-state index contributed by atoms with van der Waals surface area (Å²) in [6.07, 6.45) is 3.80. The number of hydrogen-bond acceptors (Lipinski definition) is 6. The fraction of sp³-hybridized carbons (Fsp3) is 0.143. The minimum absolute atomic E-state index is 0.378. The van der Waals surface area contributed by atoms with Crippen molar-refractivity contribution in [3.63, 3.8) is 0 Å². The minimum atomic E-state index is -0.409. The first-order valence-corrected chi connectivity index (χ1v) is 10.6. The molecule has 0 unspecified atom stereocenters. The Morgan fingerprint density at radius 3 is 2.75 bits per heavy atom. The van der Waals surface area contributed by atoms with Gasteiger partial charge < -0.3 is 9.47 Å². The standard InChI is InChI=1S/C21H18N2O3S2/c1-25-21(24)20-18(26-12-14-6-4-3-5-7-14)11-19(28-20)23-13-22-16-10-15(27-2)8-9-17(16)23/h3-11,13H,12H2,1-2H3. The number of esters is 1. The maximum Gasteiger partial charge on any atom is 0.351 e. The van der Waals surface area contributed by atoms with Gasteiger partial charge in [-0.05, 0) is 30.0 Å². The number of hydrogen-bond donors (Lipinski definition) is 0. The molecule has 0 saturated heterocycles. The third-order valence-corrected chi connectivity index (χ3v) is 6.11. The van der Waals surface area contributed by atoms with Crippen LogP contribution in [-0.4, -0.2) is 28.9 Å². The van der Waals surface area contributed by atoms with Crippen molar-refractivity contribution in [1.29, 1.82) is 0 Å². The first kappa shape index (κ1) is 18.6. The van der Waals surface area contributed by atoms with Crippen molar-refractivity contribution in [1.82, 2.24) is 9.55 Å². The number of rotatable bonds is 6. The summed E-state index contributed by atoms with van der Waals surface area (Å²) in [5, 5.41) is 0.850. The van der Waals surface area contributed by atoms with E-state index in [-0.39, 0.29) is 0 Å². The van der Waals surface area contributed by atoms with Crippen LogP contribution in [0.3, 0.4) is 0 Å². The summed E-state index contributed by atoms with van der Waals surface area (Å²) in [5.74, 6) is 0.103. The molecule has 142 valence electrons. The van der Waals surface area contributed by atoms with Crippen molar-refractivity contribution < 1.29 is 14.3 Å². The van der Waals surface area contributed by atoms with Crippen LogP contribution in [0.4, 0.5) is 0 Å². The smallest absolute Gasteiger partial charge is 0.351 e. The Labute approximate surface area is 170 Å². The second-order valence-electron chi connectivity index (χ2n) is 6.01. The van der Waals surface area contributed by atoms with Gasteiger partial charge in [-0.15, -0.1) is 23.1 Å². The topological polar surface area (TPSA) is 53.4 Å². The summed E-state index contributed by atoms with van der Waals surface area (Å²) in [7, 11) is 1.37. The Kier molecular flexibility index (Phi) is 5.36. The van der Waals surface area contributed by atoms with E-state index in [2.05, 4.69) is 17.1 Å². The maximum absolute atomic E-state index is 12.3. The summed E-state index contributed by atoms with van der Waals surface area (Å²) < 4.78 is 12.9. The molecule has 5 nitrogen and oxygen atoms in total. The second kappa shape index (κ2) is 8.08. The molecule has 2 aromatic heterocycles. The van der Waals surface area contributed by atoms with E-state index in [1.807, 2.05) is 53.3 Å². The number of carbonyl (C=O) groups is 1. The average Bonchev–Trinajstić information content (AvgIpc) is 3.35. The highest BCUT2D eigenvalue weighted by Crippen LogP contribution is 2.35. The van der Waals surface area contributed by atoms with Gasteiger partial charge in [-0.2, -0.15) is 0 Å². The molecule has 7 heteroatoms. The molecule has 0 bridgehead atoms. The molecular formula is C21H18N2O3S2. The number of imidazole rings is 1. The van der Waals surface area contributed by atoms with Crippen LogP contribution < -0.4 is 4.74 Å². The fourth-order valence-corrected chi connectivity index (χ4v) is 4.29. The van der Waals surface area contributed by atoms with Crippen LogP contribution in [0.15, 0.2) is 65.8 Å². The van der Waals surface area contributed by atoms with Gasteiger partial charge in [0.05, 0.1) is 18.1 Å². The molecule has 4 aromatic rings. The van der Waals surface area contributed by atoms with Gasteiger partial charge in [0, 0.05) is 11.0 Å². The summed E-state index contributed by atoms with van der Waals surface area (Å²) in [5.41, 5.74) is 2.92. The van der Waals surface area contributed by atoms with Gasteiger partial charge in [-0.1, -0.05) is 30.3 Å². The molecule has 0 saturated carbocycles. The lowest BCUT2D eigenvalue weighted by Gasteiger charge is -2.06. The van der Waals surface area contributed by atoms with Crippen molar-refractivity contribution in [2.45, 2.75) is 11.5 Å². The zero-order valence-corrected chi connectivity index (χ0v) is 17.0. The summed E-state index contributed by atoms with van der Waals surface area (Å²) in [4.78, 5) is 18.4. The molecule has 0 aliphatic carbocycles. The molecule has 0 aliphatic heterocycles. The van der Waals surface area contributed by atoms with Crippen LogP contribution in [0.2, 0.25) is 0 Å². The number of fused-ring (bicyclic) bond motifs is 1. The lowest BCUT2D eigenvalue weighted by atomic mass is 10.2. The van der Waals surface area contributed by atoms with Crippen LogP contribution in [0.5, 0.6) is 5.75 Å². The quantitative estimate of drug-likeness (QED) is 0.324. The number of methoxy groups -OCH3 is 1. The Morgan fingerprint density at radius 1 is 1.18 bits per heavy atom. The molecule has 2 heterocycles. The molecular weight excluding hydrogens is 392 g/mol. The van der Waals surface area contributed by atoms with E-state index in [4.69, 9.17) is 9.47 Å². The molecule has 0 radical (unpaired) electrons. The van der Waals surface area contributed by atoms with E-state index in [9.17, 15) is 4.79 Å². The predicted molar refractivity (Wildman–Crippen MR) is 113 cm³/mol. The van der Waals surface area contributed by atoms with E-state index in [0.717, 1.165) is 26.5 Å². The Balaban J connectivity index is 1.70. The zero-order valence-electron chi connectivity index (χ0n) is 15.4. The van der Waals surface area contributed by atoms with Crippen molar-refractivity contribution in [2.75, 3.05) is 13.4 Å². The number of ether oxygens (including phenoxy) is 2. The number of benzene rings is 2. The molecule has 0 fully saturated rings. The molecule has 0 N–H and O–H groups in total. The van der Waals surface area contributed by atoms with E-state index in [0.29, 0.717) is 17.2 Å². The molecule has 4 rings (SSSR count). The van der Waals surface area contributed by atoms with Crippen molar-refractivity contribution >= 4 is 40.1 Å². The highest BCUT2D eigenvalue weighted by Gasteiger charge is 2.20. The van der Waals surface area contributed by atoms with Gasteiger partial charge in [0.2, 0.25) is 0 Å². The van der Waals surface area contributed by atoms with Crippen LogP contribution in [-0.2, 0) is 11.3 Å². The molecule has 28 heavy (non-hydrogen) atoms. The molecule has 0 amide bonds. The predicted octanol–water partition coefficient (Wildman–Crippen LogP) is 5.17. The van der Waals surface area contributed by atoms with Crippen LogP contribution in [0.25, 0.3) is 16.0 Å². The minimum Gasteiger partial charge on any atom is -0.487 e. The lowest BCUT2D eigenvalue weighted by molar-refractivity contribution is 0.0601. The van der Waals surface area contributed by atoms with E-state index in [1.165, 1.54) is 18.4 Å². The van der Waals surface area contributed by atoms with E-state index >= 15 is 0 Å². The number of thiophene rings is 1. The van der Waals surface area contributed by atoms with Crippen LogP contribution in [0, 0.1) is 0 Å². The molecule has 0 spiro atoms. The SMILES string of the molecule is COC(=O)c1sc(-n2cnc3cc(SC)ccc32)cc1OCc1ccccc1. The van der Waals surface area contributed by atoms with Crippen molar-refractivity contribution in [2.24, 2.45) is 0 Å². The van der Waals surface area contributed by atoms with Crippen molar-refractivity contribution in [3.8, 4) is 10.8 Å². The molecule has 0 aliphatic rings. The lowest BCUT2D eigenvalue weighted by Crippen LogP contribution is -2.02. The van der Waals surface area contributed by atoms with Gasteiger partial charge in [0.25, 0.3) is 0 Å². The van der Waals surface area contributed by atoms with E-state index in [1.54, 1.807) is 18.1 Å². The number of thioether (sulfide) groups is 1. The highest BCUT2D eigenvalue weighted by molar-refractivity contribution is 7.98. The third kappa shape index (κ3) is 3.63. The van der Waals surface area contributed by atoms with Gasteiger partial charge in [0.1, 0.15) is 23.7 Å².